The largest absolute Gasteiger partial charge is 0.353 e. The zero-order chi connectivity index (χ0) is 23.7. The van der Waals surface area contributed by atoms with Crippen LogP contribution in [0.2, 0.25) is 0 Å². The number of hydrogen-bond donors (Lipinski definition) is 0. The maximum atomic E-state index is 13.3. The van der Waals surface area contributed by atoms with E-state index in [1.807, 2.05) is 50.2 Å². The number of fused-ring (bicyclic) bond motifs is 1. The van der Waals surface area contributed by atoms with Crippen LogP contribution in [0, 0.1) is 13.8 Å². The summed E-state index contributed by atoms with van der Waals surface area (Å²) < 4.78 is 3.45. The monoisotopic (exact) mass is 456 g/mol. The Labute approximate surface area is 198 Å². The lowest BCUT2D eigenvalue weighted by atomic mass is 10.2. The number of hydrogen-bond acceptors (Lipinski definition) is 5. The summed E-state index contributed by atoms with van der Waals surface area (Å²) in [6.45, 7) is 7.22. The number of nitrogens with zero attached hydrogens (tertiary/aromatic N) is 6. The van der Waals surface area contributed by atoms with Crippen molar-refractivity contribution in [1.82, 2.24) is 24.2 Å². The Bertz CT molecular complexity index is 1370. The van der Waals surface area contributed by atoms with Gasteiger partial charge in [0.15, 0.2) is 0 Å². The minimum absolute atomic E-state index is 0.0548. The molecule has 0 aliphatic carbocycles. The maximum absolute atomic E-state index is 13.3. The van der Waals surface area contributed by atoms with Crippen LogP contribution >= 0.6 is 0 Å². The van der Waals surface area contributed by atoms with Gasteiger partial charge in [-0.15, -0.1) is 0 Å². The first-order valence-corrected chi connectivity index (χ1v) is 11.6. The van der Waals surface area contributed by atoms with Gasteiger partial charge in [0.05, 0.1) is 11.6 Å². The van der Waals surface area contributed by atoms with E-state index in [-0.39, 0.29) is 18.0 Å². The number of benzene rings is 1. The van der Waals surface area contributed by atoms with Gasteiger partial charge in [0.2, 0.25) is 5.91 Å². The first-order valence-electron chi connectivity index (χ1n) is 11.6. The van der Waals surface area contributed by atoms with Crippen molar-refractivity contribution in [2.45, 2.75) is 26.9 Å². The second-order valence-corrected chi connectivity index (χ2v) is 8.69. The molecule has 1 saturated heterocycles. The lowest BCUT2D eigenvalue weighted by molar-refractivity contribution is -0.132. The molecular weight excluding hydrogens is 428 g/mol. The highest BCUT2D eigenvalue weighted by atomic mass is 16.2. The molecule has 5 rings (SSSR count). The Morgan fingerprint density at radius 2 is 1.68 bits per heavy atom. The van der Waals surface area contributed by atoms with Crippen molar-refractivity contribution in [3.63, 3.8) is 0 Å². The van der Waals surface area contributed by atoms with Gasteiger partial charge in [-0.2, -0.15) is 5.10 Å². The maximum Gasteiger partial charge on any atom is 0.276 e. The van der Waals surface area contributed by atoms with Gasteiger partial charge in [-0.1, -0.05) is 36.4 Å². The highest BCUT2D eigenvalue weighted by Gasteiger charge is 2.23. The SMILES string of the molecule is Cc1c2cnn(CC(=O)N3CCN(c4ccccn4)CC3)c(=O)c2c(C)n1Cc1ccccc1. The standard InChI is InChI=1S/C26H28N6O2/c1-19-22-16-28-32(26(34)25(22)20(2)31(19)17-21-8-4-3-5-9-21)18-24(33)30-14-12-29(13-15-30)23-10-6-7-11-27-23/h3-11,16H,12-15,17-18H2,1-2H3. The predicted octanol–water partition coefficient (Wildman–Crippen LogP) is 2.61. The topological polar surface area (TPSA) is 76.3 Å². The van der Waals surface area contributed by atoms with Crippen molar-refractivity contribution in [1.29, 1.82) is 0 Å². The molecule has 1 aromatic carbocycles. The van der Waals surface area contributed by atoms with E-state index in [0.717, 1.165) is 22.6 Å². The molecule has 0 unspecified atom stereocenters. The summed E-state index contributed by atoms with van der Waals surface area (Å²) in [7, 11) is 0. The van der Waals surface area contributed by atoms with E-state index < -0.39 is 0 Å². The van der Waals surface area contributed by atoms with Crippen LogP contribution in [-0.2, 0) is 17.9 Å². The molecule has 0 saturated carbocycles. The number of carbonyl (C=O) groups excluding carboxylic acids is 1. The van der Waals surface area contributed by atoms with Gasteiger partial charge >= 0.3 is 0 Å². The van der Waals surface area contributed by atoms with Gasteiger partial charge in [-0.25, -0.2) is 9.67 Å². The number of rotatable bonds is 5. The number of pyridine rings is 1. The van der Waals surface area contributed by atoms with Crippen molar-refractivity contribution >= 4 is 22.5 Å². The van der Waals surface area contributed by atoms with E-state index in [1.165, 1.54) is 10.2 Å². The predicted molar refractivity (Wildman–Crippen MR) is 132 cm³/mol. The number of amides is 1. The third-order valence-corrected chi connectivity index (χ3v) is 6.68. The molecule has 8 nitrogen and oxygen atoms in total. The summed E-state index contributed by atoms with van der Waals surface area (Å²) in [5.74, 6) is 0.830. The van der Waals surface area contributed by atoms with Crippen molar-refractivity contribution in [2.75, 3.05) is 31.1 Å². The van der Waals surface area contributed by atoms with Crippen LogP contribution in [0.3, 0.4) is 0 Å². The third-order valence-electron chi connectivity index (χ3n) is 6.68. The van der Waals surface area contributed by atoms with Gasteiger partial charge in [0.25, 0.3) is 5.56 Å². The highest BCUT2D eigenvalue weighted by molar-refractivity contribution is 5.87. The summed E-state index contributed by atoms with van der Waals surface area (Å²) in [5, 5.41) is 5.82. The van der Waals surface area contributed by atoms with E-state index in [2.05, 4.69) is 31.7 Å². The lowest BCUT2D eigenvalue weighted by Crippen LogP contribution is -2.50. The molecule has 34 heavy (non-hydrogen) atoms. The number of aryl methyl sites for hydroxylation is 2. The fourth-order valence-electron chi connectivity index (χ4n) is 4.71. The van der Waals surface area contributed by atoms with Crippen molar-refractivity contribution in [3.8, 4) is 0 Å². The van der Waals surface area contributed by atoms with Crippen molar-refractivity contribution in [2.24, 2.45) is 0 Å². The molecule has 1 amide bonds. The Balaban J connectivity index is 1.33. The van der Waals surface area contributed by atoms with Crippen LogP contribution in [-0.4, -0.2) is 56.3 Å². The summed E-state index contributed by atoms with van der Waals surface area (Å²) in [6, 6.07) is 16.0. The normalized spacial score (nSPS) is 14.1. The van der Waals surface area contributed by atoms with E-state index in [9.17, 15) is 9.59 Å². The zero-order valence-corrected chi connectivity index (χ0v) is 19.5. The summed E-state index contributed by atoms with van der Waals surface area (Å²) in [4.78, 5) is 34.7. The fraction of sp³-hybridized carbons (Fsp3) is 0.308. The van der Waals surface area contributed by atoms with Crippen LogP contribution < -0.4 is 10.5 Å². The first kappa shape index (κ1) is 21.9. The van der Waals surface area contributed by atoms with Crippen LogP contribution in [0.5, 0.6) is 0 Å². The van der Waals surface area contributed by atoms with E-state index in [4.69, 9.17) is 0 Å². The summed E-state index contributed by atoms with van der Waals surface area (Å²) in [6.07, 6.45) is 3.49. The smallest absolute Gasteiger partial charge is 0.276 e. The molecule has 0 N–H and O–H groups in total. The minimum Gasteiger partial charge on any atom is -0.353 e. The average Bonchev–Trinajstić information content (AvgIpc) is 3.12. The quantitative estimate of drug-likeness (QED) is 0.462. The number of carbonyl (C=O) groups is 1. The van der Waals surface area contributed by atoms with Crippen LogP contribution in [0.1, 0.15) is 17.0 Å². The average molecular weight is 457 g/mol. The molecule has 8 heteroatoms. The number of anilines is 1. The molecule has 1 fully saturated rings. The lowest BCUT2D eigenvalue weighted by Gasteiger charge is -2.35. The van der Waals surface area contributed by atoms with E-state index in [0.29, 0.717) is 38.1 Å². The molecule has 1 aliphatic rings. The Morgan fingerprint density at radius 1 is 0.941 bits per heavy atom. The van der Waals surface area contributed by atoms with Crippen LogP contribution in [0.4, 0.5) is 5.82 Å². The second kappa shape index (κ2) is 9.13. The van der Waals surface area contributed by atoms with Gasteiger partial charge in [0.1, 0.15) is 12.4 Å². The van der Waals surface area contributed by atoms with Gasteiger partial charge in [0, 0.05) is 55.7 Å². The van der Waals surface area contributed by atoms with Gasteiger partial charge in [-0.05, 0) is 31.5 Å². The molecule has 0 spiro atoms. The van der Waals surface area contributed by atoms with Crippen molar-refractivity contribution < 1.29 is 4.79 Å². The van der Waals surface area contributed by atoms with E-state index >= 15 is 0 Å². The molecule has 174 valence electrons. The second-order valence-electron chi connectivity index (χ2n) is 8.69. The number of piperazine rings is 1. The Morgan fingerprint density at radius 3 is 2.38 bits per heavy atom. The molecular formula is C26H28N6O2. The van der Waals surface area contributed by atoms with Gasteiger partial charge in [-0.3, -0.25) is 9.59 Å². The molecule has 4 aromatic rings. The van der Waals surface area contributed by atoms with E-state index in [1.54, 1.807) is 17.3 Å². The zero-order valence-electron chi connectivity index (χ0n) is 19.5. The fourth-order valence-corrected chi connectivity index (χ4v) is 4.71. The Hall–Kier alpha value is -3.94. The van der Waals surface area contributed by atoms with Crippen LogP contribution in [0.15, 0.2) is 65.7 Å². The molecule has 0 radical (unpaired) electrons. The molecule has 1 aliphatic heterocycles. The van der Waals surface area contributed by atoms with Crippen LogP contribution in [0.25, 0.3) is 10.8 Å². The summed E-state index contributed by atoms with van der Waals surface area (Å²) >= 11 is 0. The molecule has 0 bridgehead atoms. The minimum atomic E-state index is -0.217. The Kier molecular flexibility index (Phi) is 5.88. The van der Waals surface area contributed by atoms with Crippen molar-refractivity contribution in [3.05, 3.63) is 88.2 Å². The third kappa shape index (κ3) is 4.07. The molecule has 3 aromatic heterocycles. The molecule has 0 atom stereocenters. The number of aromatic nitrogens is 4. The first-order chi connectivity index (χ1) is 16.5. The summed E-state index contributed by atoms with van der Waals surface area (Å²) in [5.41, 5.74) is 2.85. The van der Waals surface area contributed by atoms with Gasteiger partial charge < -0.3 is 14.4 Å². The highest BCUT2D eigenvalue weighted by Crippen LogP contribution is 2.23. The molecule has 4 heterocycles.